The molecular weight excluding hydrogens is 2370 g/mol. The van der Waals surface area contributed by atoms with Crippen LogP contribution in [-0.4, -0.2) is 69.3 Å². The van der Waals surface area contributed by atoms with E-state index >= 15 is 0 Å². The summed E-state index contributed by atoms with van der Waals surface area (Å²) in [6.07, 6.45) is 20.0. The van der Waals surface area contributed by atoms with Crippen LogP contribution >= 0.6 is 22.7 Å². The first-order chi connectivity index (χ1) is 72.5. The summed E-state index contributed by atoms with van der Waals surface area (Å²) in [5, 5.41) is 9.78. The fraction of sp³-hybridized carbons (Fsp3) is 0.252. The molecule has 20 aromatic rings. The monoisotopic (exact) mass is 2520 g/mol. The zero-order chi connectivity index (χ0) is 109. The minimum absolute atomic E-state index is 0. The number of hydrogen-bond donors (Lipinski definition) is 0. The van der Waals surface area contributed by atoms with Gasteiger partial charge in [0.25, 0.3) is 0 Å². The average Bonchev–Trinajstić information content (AvgIpc) is 1.42. The van der Waals surface area contributed by atoms with E-state index in [4.69, 9.17) is 36.3 Å². The van der Waals surface area contributed by atoms with Gasteiger partial charge in [0, 0.05) is 136 Å². The summed E-state index contributed by atoms with van der Waals surface area (Å²) in [4.78, 5) is 37.0. The second-order valence-corrected chi connectivity index (χ2v) is 61.4. The van der Waals surface area contributed by atoms with Crippen LogP contribution in [0.1, 0.15) is 138 Å². The van der Waals surface area contributed by atoms with E-state index in [-0.39, 0.29) is 94.7 Å². The van der Waals surface area contributed by atoms with Crippen molar-refractivity contribution in [2.45, 2.75) is 182 Å². The van der Waals surface area contributed by atoms with Gasteiger partial charge in [0.2, 0.25) is 0 Å². The Hall–Kier alpha value is -10.4. The predicted molar refractivity (Wildman–Crippen MR) is 590 cm³/mol. The molecule has 1 saturated carbocycles. The van der Waals surface area contributed by atoms with E-state index < -0.39 is 69.6 Å². The SMILES string of the molecule is [2H]C([2H])([2H])c1ccc2c(n1)sc1c(-c3ccccn3)[c-]ccc12.[2H]C([2H])([2H])c1ccnc(-c2[c-]cc(C([2H])([2H])[2H])c3c2sc2nc(C([2H])([2H])[2H])ccc23)c1.[2H]C([2H])(c1cc(-c2[c-]cccc2)ncc1[Si](C)(C)C)C(C)C.[2H]C([2H])(c1cc(-c2[c-]cccc2)ncc1[Si](C)(C)C)C(C)C.[CH3][Ge]([CH3])([CH3])[c]1cnc(-c2[c-]cccc2)cc1CC1CCCC1.[Ir].[Ir].[Ir].[c-]1c(-c2nccc3c2CCCC3)ccc2oc3cc(-c4cccc5ccccc45)ccc3c12. The quantitative estimate of drug-likeness (QED) is 0.0689. The van der Waals surface area contributed by atoms with Crippen LogP contribution in [0.3, 0.4) is 0 Å². The third-order valence-corrected chi connectivity index (χ3v) is 35.3. The summed E-state index contributed by atoms with van der Waals surface area (Å²) < 4.78 is 136. The topological polar surface area (TPSA) is 116 Å². The Balaban J connectivity index is 0.000000147. The third kappa shape index (κ3) is 25.3. The minimum Gasteiger partial charge on any atom is -0.500 e. The molecule has 11 aromatic heterocycles. The van der Waals surface area contributed by atoms with Crippen LogP contribution in [0.2, 0.25) is 56.6 Å². The predicted octanol–water partition coefficient (Wildman–Crippen LogP) is 31.4. The van der Waals surface area contributed by atoms with Crippen LogP contribution in [0.5, 0.6) is 0 Å². The largest absolute Gasteiger partial charge is 0.500 e. The first-order valence-electron chi connectivity index (χ1n) is 55.2. The Morgan fingerprint density at radius 1 is 0.457 bits per heavy atom. The maximum Gasteiger partial charge on any atom is 0.0919 e. The van der Waals surface area contributed by atoms with Crippen molar-refractivity contribution in [3.05, 3.63) is 367 Å². The normalized spacial score (nSPS) is 14.8. The van der Waals surface area contributed by atoms with Gasteiger partial charge in [0.05, 0.1) is 27.3 Å². The molecule has 17 heteroatoms. The number of pyridine rings is 8. The molecule has 2 aliphatic rings. The molecule has 0 bridgehead atoms. The van der Waals surface area contributed by atoms with Gasteiger partial charge in [-0.2, -0.15) is 22.7 Å². The van der Waals surface area contributed by atoms with E-state index in [1.807, 2.05) is 155 Å². The molecule has 0 saturated heterocycles. The molecule has 3 radical (unpaired) electrons. The molecule has 0 spiro atoms. The molecule has 0 unspecified atom stereocenters. The maximum atomic E-state index is 8.55. The van der Waals surface area contributed by atoms with Gasteiger partial charge >= 0.3 is 137 Å². The summed E-state index contributed by atoms with van der Waals surface area (Å²) in [5.74, 6) is 8.14. The summed E-state index contributed by atoms with van der Waals surface area (Å²) >= 11 is 0.744. The van der Waals surface area contributed by atoms with E-state index in [0.717, 1.165) is 156 Å². The van der Waals surface area contributed by atoms with Crippen molar-refractivity contribution in [1.29, 1.82) is 0 Å². The molecule has 140 heavy (non-hydrogen) atoms. The van der Waals surface area contributed by atoms with Crippen molar-refractivity contribution in [2.24, 2.45) is 17.8 Å². The number of benzene rings is 9. The number of hydrogen-bond acceptors (Lipinski definition) is 11. The van der Waals surface area contributed by atoms with Gasteiger partial charge < -0.3 is 24.4 Å². The van der Waals surface area contributed by atoms with E-state index in [2.05, 4.69) is 226 Å². The van der Waals surface area contributed by atoms with Crippen LogP contribution in [0, 0.1) is 81.6 Å². The molecule has 0 atom stereocenters. The second kappa shape index (κ2) is 47.2. The van der Waals surface area contributed by atoms with Crippen molar-refractivity contribution in [3.63, 3.8) is 0 Å². The summed E-state index contributed by atoms with van der Waals surface area (Å²) in [7, 11) is -3.34. The van der Waals surface area contributed by atoms with Gasteiger partial charge in [-0.15, -0.1) is 131 Å². The second-order valence-electron chi connectivity index (χ2n) is 38.8. The number of thiophene rings is 2. The molecule has 9 nitrogen and oxygen atoms in total. The van der Waals surface area contributed by atoms with Crippen LogP contribution in [0.15, 0.2) is 284 Å². The fourth-order valence-electron chi connectivity index (χ4n) is 18.1. The molecule has 9 aromatic carbocycles. The van der Waals surface area contributed by atoms with Gasteiger partial charge in [0.1, 0.15) is 9.66 Å². The van der Waals surface area contributed by atoms with E-state index in [9.17, 15) is 0 Å². The number of aromatic nitrogens is 8. The first-order valence-corrected chi connectivity index (χ1v) is 63.1. The molecular formula is C123H122GeIr3N8OS2Si2-6. The molecule has 0 N–H and O–H groups in total. The summed E-state index contributed by atoms with van der Waals surface area (Å²) in [6, 6.07) is 97.3. The number of aryl methyl sites for hydroxylation is 5. The van der Waals surface area contributed by atoms with Crippen LogP contribution in [-0.2, 0) is 92.3 Å². The minimum atomic E-state index is -2.43. The van der Waals surface area contributed by atoms with E-state index in [1.54, 1.807) is 28.3 Å². The summed E-state index contributed by atoms with van der Waals surface area (Å²) in [5.41, 5.74) is 20.6. The fourth-order valence-corrected chi connectivity index (χ4v) is 26.6. The maximum absolute atomic E-state index is 8.55. The van der Waals surface area contributed by atoms with E-state index in [0.29, 0.717) is 31.6 Å². The molecule has 11 heterocycles. The van der Waals surface area contributed by atoms with Crippen molar-refractivity contribution in [2.75, 3.05) is 0 Å². The van der Waals surface area contributed by atoms with Gasteiger partial charge in [-0.3, -0.25) is 4.98 Å². The first kappa shape index (κ1) is 85.2. The molecule has 0 aliphatic heterocycles. The number of furan rings is 1. The Bertz CT molecular complexity index is 8260. The number of fused-ring (bicyclic) bond motifs is 11. The molecule has 2 aliphatic carbocycles. The standard InChI is InChI=1S/C31H22NO.C20H26GeN.C19H15N2S.2C18H24NSi.C17H11N2S.3Ir/c1-3-9-24-20(6-1)8-5-11-25(24)22-12-14-27-28-18-23(13-15-29(28)33-30(27)19-22)31-26-10-4-2-7-21(26)16-17-32-31;1-21(2,3)19-15-22-20(17-11-5-4-6-12-17)14-18(19)13-16-9-7-8-10-16;1-11-8-9-20-16(10-11)14-6-4-12(2)17-15-7-5-13(3)21-19(15)22-18(14)17;2*1-14(2)11-16-12-17(15-9-7-6-8-10-15)19-13-18(16)20(3,4)5;1-11-8-9-13-12-5-4-6-14(15-7-2-3-10-18-15)16(12)20-17(13)19-11;;;/h1,3,5-6,8-9,11-17,19H,2,4,7,10H2;4-6,11,14-16H,7-10,13H2,1-3H3;4-5,7-10H,1-3H3;2*6-9,12-14H,11H2,1-5H3;2-5,7-10H,1H3;;;/q6*-1;;;/i;;1D3,2D3,3D3;2*11D2;1D3;;;. The van der Waals surface area contributed by atoms with Gasteiger partial charge in [-0.25, -0.2) is 9.97 Å². The number of rotatable bonds is 16. The smallest absolute Gasteiger partial charge is 0.0919 e. The zero-order valence-electron chi connectivity index (χ0n) is 97.0. The van der Waals surface area contributed by atoms with Gasteiger partial charge in [0.15, 0.2) is 0 Å². The van der Waals surface area contributed by atoms with Crippen molar-refractivity contribution in [1.82, 2.24) is 39.9 Å². The molecule has 1 fully saturated rings. The molecule has 22 rings (SSSR count). The third-order valence-electron chi connectivity index (χ3n) is 24.7. The van der Waals surface area contributed by atoms with Crippen LogP contribution in [0.25, 0.3) is 152 Å². The average molecular weight is 2510 g/mol. The summed E-state index contributed by atoms with van der Waals surface area (Å²) in [6.45, 7) is 11.8. The Morgan fingerprint density at radius 3 is 1.66 bits per heavy atom. The Labute approximate surface area is 904 Å². The zero-order valence-corrected chi connectivity index (χ0v) is 93.9. The Morgan fingerprint density at radius 2 is 1.04 bits per heavy atom. The Kier molecular flexibility index (Phi) is 28.7. The number of nitrogens with zero attached hydrogens (tertiary/aromatic N) is 8. The van der Waals surface area contributed by atoms with E-state index in [1.165, 1.54) is 114 Å². The van der Waals surface area contributed by atoms with Crippen LogP contribution < -0.4 is 14.8 Å². The van der Waals surface area contributed by atoms with Crippen molar-refractivity contribution < 1.29 is 86.7 Å². The van der Waals surface area contributed by atoms with Crippen molar-refractivity contribution >= 4 is 140 Å². The van der Waals surface area contributed by atoms with Gasteiger partial charge in [-0.1, -0.05) is 221 Å². The molecule has 717 valence electrons. The van der Waals surface area contributed by atoms with Crippen molar-refractivity contribution in [3.8, 4) is 78.7 Å². The van der Waals surface area contributed by atoms with Gasteiger partial charge in [-0.05, 0) is 188 Å². The molecule has 0 amide bonds. The van der Waals surface area contributed by atoms with Crippen LogP contribution in [0.4, 0.5) is 0 Å².